The number of hydrogen-bond donors (Lipinski definition) is 1. The van der Waals surface area contributed by atoms with Gasteiger partial charge in [0, 0.05) is 24.4 Å². The number of benzene rings is 1. The summed E-state index contributed by atoms with van der Waals surface area (Å²) in [5, 5.41) is 8.66. The monoisotopic (exact) mass is 261 g/mol. The summed E-state index contributed by atoms with van der Waals surface area (Å²) in [4.78, 5) is 12.9. The van der Waals surface area contributed by atoms with Crippen molar-refractivity contribution in [2.24, 2.45) is 0 Å². The number of anilines is 1. The third kappa shape index (κ3) is 4.12. The van der Waals surface area contributed by atoms with E-state index in [4.69, 9.17) is 5.11 Å². The van der Waals surface area contributed by atoms with Gasteiger partial charge in [-0.05, 0) is 56.5 Å². The number of carboxylic acids is 1. The first-order valence-electron chi connectivity index (χ1n) is 6.77. The molecule has 0 spiro atoms. The molecule has 104 valence electrons. The molecule has 0 aliphatic heterocycles. The van der Waals surface area contributed by atoms with E-state index in [1.807, 2.05) is 13.0 Å². The molecule has 0 aliphatic carbocycles. The van der Waals surface area contributed by atoms with Crippen LogP contribution in [0.5, 0.6) is 0 Å². The van der Waals surface area contributed by atoms with Crippen molar-refractivity contribution in [3.8, 4) is 0 Å². The minimum absolute atomic E-state index is 0.504. The zero-order valence-electron chi connectivity index (χ0n) is 12.2. The van der Waals surface area contributed by atoms with E-state index in [1.165, 1.54) is 11.8 Å². The van der Waals surface area contributed by atoms with Crippen LogP contribution in [0.4, 0.5) is 5.69 Å². The van der Waals surface area contributed by atoms with Gasteiger partial charge in [-0.1, -0.05) is 13.0 Å². The topological polar surface area (TPSA) is 40.5 Å². The summed E-state index contributed by atoms with van der Waals surface area (Å²) >= 11 is 0. The Hall–Kier alpha value is -1.77. The summed E-state index contributed by atoms with van der Waals surface area (Å²) in [6.45, 7) is 9.54. The van der Waals surface area contributed by atoms with E-state index in [0.29, 0.717) is 6.04 Å². The lowest BCUT2D eigenvalue weighted by Gasteiger charge is -2.30. The quantitative estimate of drug-likeness (QED) is 0.793. The minimum atomic E-state index is -0.918. The van der Waals surface area contributed by atoms with Crippen molar-refractivity contribution < 1.29 is 9.90 Å². The van der Waals surface area contributed by atoms with Gasteiger partial charge in [0.25, 0.3) is 0 Å². The smallest absolute Gasteiger partial charge is 0.328 e. The van der Waals surface area contributed by atoms with E-state index >= 15 is 0 Å². The summed E-state index contributed by atoms with van der Waals surface area (Å²) in [7, 11) is 0. The summed E-state index contributed by atoms with van der Waals surface area (Å²) < 4.78 is 0. The number of carbonyl (C=O) groups is 1. The van der Waals surface area contributed by atoms with Gasteiger partial charge in [0.1, 0.15) is 0 Å². The summed E-state index contributed by atoms with van der Waals surface area (Å²) in [5.74, 6) is -0.918. The van der Waals surface area contributed by atoms with Crippen LogP contribution in [-0.4, -0.2) is 23.7 Å². The Morgan fingerprint density at radius 1 is 1.42 bits per heavy atom. The Kier molecular flexibility index (Phi) is 5.61. The standard InChI is InChI=1S/C16H23NO2/c1-5-13(4)17(6-2)15-9-7-14(12(3)11-15)8-10-16(18)19/h7-11,13H,5-6H2,1-4H3,(H,18,19). The van der Waals surface area contributed by atoms with Crippen molar-refractivity contribution >= 4 is 17.7 Å². The van der Waals surface area contributed by atoms with Crippen molar-refractivity contribution in [2.45, 2.75) is 40.2 Å². The molecule has 0 heterocycles. The van der Waals surface area contributed by atoms with Crippen LogP contribution in [0.3, 0.4) is 0 Å². The molecule has 0 amide bonds. The lowest BCUT2D eigenvalue weighted by Crippen LogP contribution is -2.32. The normalized spacial score (nSPS) is 12.6. The van der Waals surface area contributed by atoms with E-state index in [0.717, 1.165) is 24.1 Å². The molecule has 3 heteroatoms. The van der Waals surface area contributed by atoms with Crippen molar-refractivity contribution in [3.05, 3.63) is 35.4 Å². The Morgan fingerprint density at radius 3 is 2.58 bits per heavy atom. The average Bonchev–Trinajstić information content (AvgIpc) is 2.38. The Bertz CT molecular complexity index is 466. The fraction of sp³-hybridized carbons (Fsp3) is 0.438. The molecule has 1 rings (SSSR count). The van der Waals surface area contributed by atoms with Crippen LogP contribution in [0.25, 0.3) is 6.08 Å². The molecule has 1 atom stereocenters. The molecule has 3 nitrogen and oxygen atoms in total. The maximum absolute atomic E-state index is 10.5. The van der Waals surface area contributed by atoms with Crippen LogP contribution in [0, 0.1) is 6.92 Å². The first kappa shape index (κ1) is 15.3. The average molecular weight is 261 g/mol. The molecule has 1 N–H and O–H groups in total. The Morgan fingerprint density at radius 2 is 2.11 bits per heavy atom. The first-order chi connectivity index (χ1) is 8.99. The number of rotatable bonds is 6. The number of hydrogen-bond acceptors (Lipinski definition) is 2. The predicted octanol–water partition coefficient (Wildman–Crippen LogP) is 3.72. The van der Waals surface area contributed by atoms with Crippen LogP contribution >= 0.6 is 0 Å². The van der Waals surface area contributed by atoms with Crippen molar-refractivity contribution in [3.63, 3.8) is 0 Å². The fourth-order valence-corrected chi connectivity index (χ4v) is 2.16. The highest BCUT2D eigenvalue weighted by Gasteiger charge is 2.11. The molecular weight excluding hydrogens is 238 g/mol. The molecule has 0 bridgehead atoms. The Labute approximate surface area is 115 Å². The van der Waals surface area contributed by atoms with Crippen LogP contribution in [0.2, 0.25) is 0 Å². The van der Waals surface area contributed by atoms with E-state index in [1.54, 1.807) is 6.08 Å². The second kappa shape index (κ2) is 6.98. The lowest BCUT2D eigenvalue weighted by atomic mass is 10.1. The molecule has 0 radical (unpaired) electrons. The van der Waals surface area contributed by atoms with Gasteiger partial charge in [-0.25, -0.2) is 4.79 Å². The molecule has 1 aromatic carbocycles. The number of carboxylic acid groups (broad SMARTS) is 1. The SMILES string of the molecule is CCC(C)N(CC)c1ccc(C=CC(=O)O)c(C)c1. The second-order valence-electron chi connectivity index (χ2n) is 4.76. The minimum Gasteiger partial charge on any atom is -0.478 e. The van der Waals surface area contributed by atoms with Crippen LogP contribution < -0.4 is 4.90 Å². The van der Waals surface area contributed by atoms with Crippen molar-refractivity contribution in [1.82, 2.24) is 0 Å². The lowest BCUT2D eigenvalue weighted by molar-refractivity contribution is -0.131. The van der Waals surface area contributed by atoms with Crippen molar-refractivity contribution in [2.75, 3.05) is 11.4 Å². The molecule has 0 aliphatic rings. The molecule has 0 saturated heterocycles. The van der Waals surface area contributed by atoms with Gasteiger partial charge in [-0.2, -0.15) is 0 Å². The highest BCUT2D eigenvalue weighted by atomic mass is 16.4. The Balaban J connectivity index is 3.01. The molecular formula is C16H23NO2. The van der Waals surface area contributed by atoms with Gasteiger partial charge < -0.3 is 10.0 Å². The largest absolute Gasteiger partial charge is 0.478 e. The first-order valence-corrected chi connectivity index (χ1v) is 6.77. The van der Waals surface area contributed by atoms with Gasteiger partial charge in [0.2, 0.25) is 0 Å². The molecule has 1 aromatic rings. The maximum Gasteiger partial charge on any atom is 0.328 e. The van der Waals surface area contributed by atoms with Crippen LogP contribution in [0.1, 0.15) is 38.3 Å². The number of aliphatic carboxylic acids is 1. The fourth-order valence-electron chi connectivity index (χ4n) is 2.16. The van der Waals surface area contributed by atoms with Crippen LogP contribution in [0.15, 0.2) is 24.3 Å². The van der Waals surface area contributed by atoms with Crippen molar-refractivity contribution in [1.29, 1.82) is 0 Å². The van der Waals surface area contributed by atoms with E-state index in [2.05, 4.69) is 37.8 Å². The zero-order valence-corrected chi connectivity index (χ0v) is 12.2. The van der Waals surface area contributed by atoms with E-state index < -0.39 is 5.97 Å². The van der Waals surface area contributed by atoms with Gasteiger partial charge in [0.15, 0.2) is 0 Å². The predicted molar refractivity (Wildman–Crippen MR) is 80.6 cm³/mol. The number of aryl methyl sites for hydroxylation is 1. The third-order valence-corrected chi connectivity index (χ3v) is 3.45. The van der Waals surface area contributed by atoms with Gasteiger partial charge in [-0.3, -0.25) is 0 Å². The van der Waals surface area contributed by atoms with E-state index in [9.17, 15) is 4.79 Å². The molecule has 0 aromatic heterocycles. The van der Waals surface area contributed by atoms with Gasteiger partial charge in [0.05, 0.1) is 0 Å². The third-order valence-electron chi connectivity index (χ3n) is 3.45. The summed E-state index contributed by atoms with van der Waals surface area (Å²) in [6, 6.07) is 6.67. The highest BCUT2D eigenvalue weighted by Crippen LogP contribution is 2.22. The zero-order chi connectivity index (χ0) is 14.4. The second-order valence-corrected chi connectivity index (χ2v) is 4.76. The molecule has 19 heavy (non-hydrogen) atoms. The number of nitrogens with zero attached hydrogens (tertiary/aromatic N) is 1. The highest BCUT2D eigenvalue weighted by molar-refractivity contribution is 5.85. The van der Waals surface area contributed by atoms with Gasteiger partial charge in [-0.15, -0.1) is 0 Å². The maximum atomic E-state index is 10.5. The summed E-state index contributed by atoms with van der Waals surface area (Å²) in [5.41, 5.74) is 3.24. The molecule has 0 fully saturated rings. The van der Waals surface area contributed by atoms with Gasteiger partial charge >= 0.3 is 5.97 Å². The summed E-state index contributed by atoms with van der Waals surface area (Å²) in [6.07, 6.45) is 3.92. The molecule has 0 saturated carbocycles. The van der Waals surface area contributed by atoms with E-state index in [-0.39, 0.29) is 0 Å². The van der Waals surface area contributed by atoms with Crippen LogP contribution in [-0.2, 0) is 4.79 Å². The molecule has 1 unspecified atom stereocenters.